The first-order valence-corrected chi connectivity index (χ1v) is 10.2. The first-order valence-electron chi connectivity index (χ1n) is 9.19. The van der Waals surface area contributed by atoms with Crippen LogP contribution in [0.4, 0.5) is 5.69 Å². The van der Waals surface area contributed by atoms with E-state index in [1.807, 2.05) is 24.3 Å². The number of thioether (sulfide) groups is 1. The summed E-state index contributed by atoms with van der Waals surface area (Å²) in [7, 11) is 1.56. The first-order chi connectivity index (χ1) is 14.6. The lowest BCUT2D eigenvalue weighted by atomic mass is 10.2. The molecule has 30 heavy (non-hydrogen) atoms. The third-order valence-electron chi connectivity index (χ3n) is 4.29. The fourth-order valence-corrected chi connectivity index (χ4v) is 3.71. The molecular formula is C22H18N4O3S. The maximum atomic E-state index is 12.5. The van der Waals surface area contributed by atoms with Gasteiger partial charge in [-0.2, -0.15) is 0 Å². The Bertz CT molecular complexity index is 1210. The summed E-state index contributed by atoms with van der Waals surface area (Å²) in [5.74, 6) is 0.788. The van der Waals surface area contributed by atoms with Gasteiger partial charge in [0, 0.05) is 23.7 Å². The average molecular weight is 418 g/mol. The van der Waals surface area contributed by atoms with Gasteiger partial charge in [-0.3, -0.25) is 9.59 Å². The molecule has 2 heterocycles. The number of nitrogens with one attached hydrogen (secondary N) is 2. The van der Waals surface area contributed by atoms with E-state index >= 15 is 0 Å². The Labute approximate surface area is 176 Å². The van der Waals surface area contributed by atoms with Crippen molar-refractivity contribution in [3.05, 3.63) is 72.5 Å². The van der Waals surface area contributed by atoms with Gasteiger partial charge in [0.1, 0.15) is 5.03 Å². The monoisotopic (exact) mass is 418 g/mol. The molecule has 0 spiro atoms. The maximum absolute atomic E-state index is 12.5. The highest BCUT2D eigenvalue weighted by Gasteiger charge is 2.13. The van der Waals surface area contributed by atoms with Gasteiger partial charge in [0.25, 0.3) is 5.91 Å². The minimum absolute atomic E-state index is 0.156. The smallest absolute Gasteiger partial charge is 0.251 e. The number of aromatic nitrogens is 2. The van der Waals surface area contributed by atoms with Crippen molar-refractivity contribution >= 4 is 40.2 Å². The van der Waals surface area contributed by atoms with E-state index in [0.717, 1.165) is 10.9 Å². The number of furan rings is 1. The Balaban J connectivity index is 1.52. The molecule has 0 saturated carbocycles. The third kappa shape index (κ3) is 4.33. The molecule has 0 bridgehead atoms. The first kappa shape index (κ1) is 19.7. The minimum atomic E-state index is -0.210. The van der Waals surface area contributed by atoms with Crippen LogP contribution in [0.1, 0.15) is 10.4 Å². The minimum Gasteiger partial charge on any atom is -0.461 e. The van der Waals surface area contributed by atoms with Crippen molar-refractivity contribution < 1.29 is 14.0 Å². The quantitative estimate of drug-likeness (QED) is 0.363. The van der Waals surface area contributed by atoms with Crippen LogP contribution >= 0.6 is 11.8 Å². The van der Waals surface area contributed by atoms with Crippen molar-refractivity contribution in [1.29, 1.82) is 0 Å². The second-order valence-electron chi connectivity index (χ2n) is 6.34. The van der Waals surface area contributed by atoms with E-state index in [2.05, 4.69) is 20.6 Å². The molecule has 0 radical (unpaired) electrons. The fourth-order valence-electron chi connectivity index (χ4n) is 2.89. The normalized spacial score (nSPS) is 10.7. The third-order valence-corrected chi connectivity index (χ3v) is 5.28. The summed E-state index contributed by atoms with van der Waals surface area (Å²) < 4.78 is 5.42. The summed E-state index contributed by atoms with van der Waals surface area (Å²) in [5, 5.41) is 6.95. The number of hydrogen-bond acceptors (Lipinski definition) is 6. The van der Waals surface area contributed by atoms with Crippen molar-refractivity contribution in [3.8, 4) is 11.6 Å². The number of para-hydroxylation sites is 1. The highest BCUT2D eigenvalue weighted by molar-refractivity contribution is 8.00. The summed E-state index contributed by atoms with van der Waals surface area (Å²) in [4.78, 5) is 33.4. The van der Waals surface area contributed by atoms with Gasteiger partial charge in [-0.25, -0.2) is 9.97 Å². The molecule has 4 rings (SSSR count). The maximum Gasteiger partial charge on any atom is 0.251 e. The average Bonchev–Trinajstić information content (AvgIpc) is 3.32. The molecular weight excluding hydrogens is 400 g/mol. The predicted molar refractivity (Wildman–Crippen MR) is 116 cm³/mol. The number of carbonyl (C=O) groups excluding carboxylic acids is 2. The van der Waals surface area contributed by atoms with Crippen molar-refractivity contribution in [2.45, 2.75) is 5.03 Å². The molecule has 7 nitrogen and oxygen atoms in total. The number of hydrogen-bond donors (Lipinski definition) is 2. The molecule has 2 amide bonds. The number of rotatable bonds is 6. The van der Waals surface area contributed by atoms with Gasteiger partial charge in [0.2, 0.25) is 5.91 Å². The molecule has 0 saturated heterocycles. The molecule has 2 aromatic heterocycles. The van der Waals surface area contributed by atoms with Gasteiger partial charge in [-0.05, 0) is 36.4 Å². The van der Waals surface area contributed by atoms with Crippen molar-refractivity contribution in [2.75, 3.05) is 18.1 Å². The highest BCUT2D eigenvalue weighted by Crippen LogP contribution is 2.28. The topological polar surface area (TPSA) is 97.1 Å². The Hall–Kier alpha value is -3.65. The Morgan fingerprint density at radius 1 is 1.03 bits per heavy atom. The number of fused-ring (bicyclic) bond motifs is 1. The van der Waals surface area contributed by atoms with Crippen molar-refractivity contribution in [3.63, 3.8) is 0 Å². The molecule has 0 atom stereocenters. The van der Waals surface area contributed by atoms with Crippen molar-refractivity contribution in [2.24, 2.45) is 0 Å². The van der Waals surface area contributed by atoms with Crippen LogP contribution < -0.4 is 10.6 Å². The summed E-state index contributed by atoms with van der Waals surface area (Å²) >= 11 is 1.32. The standard InChI is InChI=1S/C22H18N4O3S/c1-23-21(28)14-6-4-7-15(12-14)24-19(27)13-30-22-16-8-2-3-9-17(16)25-20(26-22)18-10-5-11-29-18/h2-12H,13H2,1H3,(H,23,28)(H,24,27). The Morgan fingerprint density at radius 2 is 1.90 bits per heavy atom. The lowest BCUT2D eigenvalue weighted by Gasteiger charge is -2.09. The summed E-state index contributed by atoms with van der Waals surface area (Å²) in [6, 6.07) is 18.0. The number of anilines is 1. The molecule has 0 unspecified atom stereocenters. The number of amides is 2. The number of benzene rings is 2. The number of nitrogens with zero attached hydrogens (tertiary/aromatic N) is 2. The van der Waals surface area contributed by atoms with E-state index in [-0.39, 0.29) is 17.6 Å². The van der Waals surface area contributed by atoms with Crippen LogP contribution in [0, 0.1) is 0 Å². The van der Waals surface area contributed by atoms with Gasteiger partial charge < -0.3 is 15.1 Å². The highest BCUT2D eigenvalue weighted by atomic mass is 32.2. The lowest BCUT2D eigenvalue weighted by Crippen LogP contribution is -2.19. The Morgan fingerprint density at radius 3 is 2.70 bits per heavy atom. The molecule has 0 aliphatic heterocycles. The molecule has 2 aromatic carbocycles. The van der Waals surface area contributed by atoms with Crippen LogP contribution in [0.15, 0.2) is 76.4 Å². The second kappa shape index (κ2) is 8.79. The van der Waals surface area contributed by atoms with Crippen LogP contribution in [0.2, 0.25) is 0 Å². The van der Waals surface area contributed by atoms with Crippen LogP contribution in [-0.4, -0.2) is 34.6 Å². The molecule has 2 N–H and O–H groups in total. The zero-order chi connectivity index (χ0) is 20.9. The van der Waals surface area contributed by atoms with E-state index in [1.54, 1.807) is 49.7 Å². The van der Waals surface area contributed by atoms with E-state index < -0.39 is 0 Å². The van der Waals surface area contributed by atoms with E-state index in [9.17, 15) is 9.59 Å². The van der Waals surface area contributed by atoms with Gasteiger partial charge in [0.15, 0.2) is 11.6 Å². The van der Waals surface area contributed by atoms with Crippen LogP contribution in [0.3, 0.4) is 0 Å². The summed E-state index contributed by atoms with van der Waals surface area (Å²) in [6.07, 6.45) is 1.57. The van der Waals surface area contributed by atoms with Crippen LogP contribution in [-0.2, 0) is 4.79 Å². The van der Waals surface area contributed by atoms with E-state index in [4.69, 9.17) is 4.42 Å². The second-order valence-corrected chi connectivity index (χ2v) is 7.31. The van der Waals surface area contributed by atoms with Crippen LogP contribution in [0.25, 0.3) is 22.5 Å². The van der Waals surface area contributed by atoms with Gasteiger partial charge in [-0.15, -0.1) is 0 Å². The zero-order valence-corrected chi connectivity index (χ0v) is 16.9. The molecule has 0 aliphatic carbocycles. The molecule has 8 heteroatoms. The van der Waals surface area contributed by atoms with Gasteiger partial charge in [0.05, 0.1) is 17.5 Å². The molecule has 4 aromatic rings. The zero-order valence-electron chi connectivity index (χ0n) is 16.1. The van der Waals surface area contributed by atoms with Crippen molar-refractivity contribution in [1.82, 2.24) is 15.3 Å². The SMILES string of the molecule is CNC(=O)c1cccc(NC(=O)CSc2nc(-c3ccco3)nc3ccccc23)c1. The summed E-state index contributed by atoms with van der Waals surface area (Å²) in [5.41, 5.74) is 1.82. The fraction of sp³-hybridized carbons (Fsp3) is 0.0909. The summed E-state index contributed by atoms with van der Waals surface area (Å²) in [6.45, 7) is 0. The molecule has 0 aliphatic rings. The van der Waals surface area contributed by atoms with Gasteiger partial charge in [-0.1, -0.05) is 36.0 Å². The van der Waals surface area contributed by atoms with E-state index in [1.165, 1.54) is 11.8 Å². The largest absolute Gasteiger partial charge is 0.461 e. The lowest BCUT2D eigenvalue weighted by molar-refractivity contribution is -0.113. The predicted octanol–water partition coefficient (Wildman–Crippen LogP) is 3.98. The van der Waals surface area contributed by atoms with E-state index in [0.29, 0.717) is 27.9 Å². The Kier molecular flexibility index (Phi) is 5.76. The molecule has 150 valence electrons. The number of carbonyl (C=O) groups is 2. The molecule has 0 fully saturated rings. The van der Waals surface area contributed by atoms with Gasteiger partial charge >= 0.3 is 0 Å². The van der Waals surface area contributed by atoms with Crippen LogP contribution in [0.5, 0.6) is 0 Å².